The fraction of sp³-hybridized carbons (Fsp3) is 0.786. The third kappa shape index (κ3) is 11.7. The van der Waals surface area contributed by atoms with E-state index in [1.807, 2.05) is 6.92 Å². The Morgan fingerprint density at radius 3 is 1.86 bits per heavy atom. The largest absolute Gasteiger partial charge is 0.0813 e. The molecule has 14 heavy (non-hydrogen) atoms. The Kier molecular flexibility index (Phi) is 12.5. The number of allylic oxidation sites excluding steroid dienone is 2. The van der Waals surface area contributed by atoms with E-state index in [0.717, 1.165) is 6.42 Å². The second-order valence-corrected chi connectivity index (χ2v) is 3.96. The van der Waals surface area contributed by atoms with Crippen LogP contribution in [-0.4, -0.2) is 0 Å². The van der Waals surface area contributed by atoms with Gasteiger partial charge in [-0.1, -0.05) is 70.4 Å². The molecule has 0 heteroatoms. The Morgan fingerprint density at radius 2 is 1.36 bits per heavy atom. The van der Waals surface area contributed by atoms with Crippen LogP contribution in [0.25, 0.3) is 0 Å². The molecule has 0 aliphatic heterocycles. The van der Waals surface area contributed by atoms with E-state index in [1.54, 1.807) is 0 Å². The second kappa shape index (κ2) is 12.7. The van der Waals surface area contributed by atoms with Crippen molar-refractivity contribution in [2.45, 2.75) is 71.1 Å². The Morgan fingerprint density at radius 1 is 0.857 bits per heavy atom. The quantitative estimate of drug-likeness (QED) is 0.424. The Balaban J connectivity index is 2.85. The SMILES string of the molecule is [CH2]CCCCCCCCCC/C=[C]/C. The summed E-state index contributed by atoms with van der Waals surface area (Å²) in [7, 11) is 0. The predicted octanol–water partition coefficient (Wildman–Crippen LogP) is 5.10. The van der Waals surface area contributed by atoms with E-state index in [9.17, 15) is 0 Å². The molecular weight excluding hydrogens is 168 g/mol. The molecule has 0 aromatic carbocycles. The van der Waals surface area contributed by atoms with Crippen molar-refractivity contribution in [3.8, 4) is 0 Å². The van der Waals surface area contributed by atoms with Crippen molar-refractivity contribution in [1.29, 1.82) is 0 Å². The molecule has 0 aromatic heterocycles. The van der Waals surface area contributed by atoms with Gasteiger partial charge in [-0.25, -0.2) is 0 Å². The van der Waals surface area contributed by atoms with Gasteiger partial charge in [0.05, 0.1) is 0 Å². The van der Waals surface area contributed by atoms with Crippen molar-refractivity contribution in [2.75, 3.05) is 0 Å². The van der Waals surface area contributed by atoms with Gasteiger partial charge in [0.25, 0.3) is 0 Å². The average Bonchev–Trinajstić information content (AvgIpc) is 2.21. The van der Waals surface area contributed by atoms with Crippen LogP contribution in [0.3, 0.4) is 0 Å². The summed E-state index contributed by atoms with van der Waals surface area (Å²) in [6.45, 7) is 5.83. The fourth-order valence-electron chi connectivity index (χ4n) is 1.63. The molecule has 0 fully saturated rings. The number of rotatable bonds is 10. The molecule has 0 saturated heterocycles. The van der Waals surface area contributed by atoms with E-state index < -0.39 is 0 Å². The zero-order valence-corrected chi connectivity index (χ0v) is 9.86. The summed E-state index contributed by atoms with van der Waals surface area (Å²) in [5.41, 5.74) is 0. The van der Waals surface area contributed by atoms with Crippen LogP contribution in [0.5, 0.6) is 0 Å². The molecule has 0 bridgehead atoms. The van der Waals surface area contributed by atoms with Gasteiger partial charge in [0.1, 0.15) is 0 Å². The summed E-state index contributed by atoms with van der Waals surface area (Å²) >= 11 is 0. The number of unbranched alkanes of at least 4 members (excludes halogenated alkanes) is 9. The summed E-state index contributed by atoms with van der Waals surface area (Å²) < 4.78 is 0. The van der Waals surface area contributed by atoms with Crippen LogP contribution in [0.2, 0.25) is 0 Å². The third-order valence-electron chi connectivity index (χ3n) is 2.55. The lowest BCUT2D eigenvalue weighted by Crippen LogP contribution is -1.80. The minimum atomic E-state index is 1.11. The first-order valence-corrected chi connectivity index (χ1v) is 6.20. The van der Waals surface area contributed by atoms with E-state index >= 15 is 0 Å². The van der Waals surface area contributed by atoms with Crippen molar-refractivity contribution in [3.05, 3.63) is 19.1 Å². The lowest BCUT2D eigenvalue weighted by molar-refractivity contribution is 0.571. The van der Waals surface area contributed by atoms with E-state index in [-0.39, 0.29) is 0 Å². The van der Waals surface area contributed by atoms with Crippen molar-refractivity contribution in [3.63, 3.8) is 0 Å². The van der Waals surface area contributed by atoms with Gasteiger partial charge in [-0.3, -0.25) is 0 Å². The lowest BCUT2D eigenvalue weighted by atomic mass is 10.1. The highest BCUT2D eigenvalue weighted by molar-refractivity contribution is 4.69. The normalized spacial score (nSPS) is 11.3. The van der Waals surface area contributed by atoms with E-state index in [2.05, 4.69) is 19.1 Å². The molecule has 0 unspecified atom stereocenters. The predicted molar refractivity (Wildman–Crippen MR) is 65.0 cm³/mol. The summed E-state index contributed by atoms with van der Waals surface area (Å²) in [5.74, 6) is 0. The standard InChI is InChI=1S/C14H26/c1-3-5-7-9-11-13-14-12-10-8-6-4-2/h6H,1,3,5,7-14H2,2H3. The third-order valence-corrected chi connectivity index (χ3v) is 2.55. The van der Waals surface area contributed by atoms with Gasteiger partial charge in [-0.2, -0.15) is 0 Å². The minimum Gasteiger partial charge on any atom is -0.0813 e. The van der Waals surface area contributed by atoms with Gasteiger partial charge in [0.15, 0.2) is 0 Å². The van der Waals surface area contributed by atoms with Gasteiger partial charge in [0.2, 0.25) is 0 Å². The van der Waals surface area contributed by atoms with Crippen molar-refractivity contribution in [1.82, 2.24) is 0 Å². The maximum absolute atomic E-state index is 3.85. The van der Waals surface area contributed by atoms with Gasteiger partial charge in [-0.15, -0.1) is 0 Å². The van der Waals surface area contributed by atoms with Crippen molar-refractivity contribution in [2.24, 2.45) is 0 Å². The highest BCUT2D eigenvalue weighted by Gasteiger charge is 1.90. The Bertz CT molecular complexity index is 113. The summed E-state index contributed by atoms with van der Waals surface area (Å²) in [4.78, 5) is 0. The van der Waals surface area contributed by atoms with E-state index in [0.29, 0.717) is 0 Å². The molecule has 0 spiro atoms. The molecule has 0 N–H and O–H groups in total. The molecule has 0 heterocycles. The average molecular weight is 194 g/mol. The van der Waals surface area contributed by atoms with Crippen LogP contribution in [0, 0.1) is 13.0 Å². The zero-order chi connectivity index (χ0) is 10.5. The topological polar surface area (TPSA) is 0 Å². The molecular formula is C14H26. The summed E-state index contributed by atoms with van der Waals surface area (Å²) in [6, 6.07) is 0. The fourth-order valence-corrected chi connectivity index (χ4v) is 1.63. The number of hydrogen-bond donors (Lipinski definition) is 0. The monoisotopic (exact) mass is 194 g/mol. The maximum Gasteiger partial charge on any atom is -0.0345 e. The van der Waals surface area contributed by atoms with Crippen LogP contribution >= 0.6 is 0 Å². The molecule has 0 saturated carbocycles. The molecule has 0 amide bonds. The van der Waals surface area contributed by atoms with Crippen molar-refractivity contribution >= 4 is 0 Å². The second-order valence-electron chi connectivity index (χ2n) is 3.96. The molecule has 82 valence electrons. The van der Waals surface area contributed by atoms with Crippen LogP contribution in [0.4, 0.5) is 0 Å². The molecule has 0 aromatic rings. The van der Waals surface area contributed by atoms with Crippen LogP contribution in [-0.2, 0) is 0 Å². The highest BCUT2D eigenvalue weighted by Crippen LogP contribution is 2.10. The lowest BCUT2D eigenvalue weighted by Gasteiger charge is -2.00. The number of hydrogen-bond acceptors (Lipinski definition) is 0. The molecule has 0 nitrogen and oxygen atoms in total. The molecule has 0 rings (SSSR count). The maximum atomic E-state index is 3.85. The first-order valence-electron chi connectivity index (χ1n) is 6.20. The van der Waals surface area contributed by atoms with Crippen LogP contribution in [0.1, 0.15) is 71.1 Å². The minimum absolute atomic E-state index is 1.11. The Hall–Kier alpha value is -0.260. The smallest absolute Gasteiger partial charge is 0.0345 e. The van der Waals surface area contributed by atoms with Gasteiger partial charge in [-0.05, 0) is 19.8 Å². The van der Waals surface area contributed by atoms with Crippen molar-refractivity contribution < 1.29 is 0 Å². The van der Waals surface area contributed by atoms with Gasteiger partial charge >= 0.3 is 0 Å². The highest BCUT2D eigenvalue weighted by atomic mass is 14.0. The van der Waals surface area contributed by atoms with Gasteiger partial charge in [0, 0.05) is 0 Å². The first kappa shape index (κ1) is 13.7. The summed E-state index contributed by atoms with van der Waals surface area (Å²) in [6.07, 6.45) is 18.7. The molecule has 0 aliphatic rings. The summed E-state index contributed by atoms with van der Waals surface area (Å²) in [5, 5.41) is 0. The zero-order valence-electron chi connectivity index (χ0n) is 9.86. The van der Waals surface area contributed by atoms with E-state index in [4.69, 9.17) is 0 Å². The van der Waals surface area contributed by atoms with Gasteiger partial charge < -0.3 is 0 Å². The molecule has 0 atom stereocenters. The molecule has 0 aliphatic carbocycles. The van der Waals surface area contributed by atoms with Crippen LogP contribution < -0.4 is 0 Å². The van der Waals surface area contributed by atoms with E-state index in [1.165, 1.54) is 57.8 Å². The molecule has 2 radical (unpaired) electrons. The Labute approximate surface area is 90.8 Å². The van der Waals surface area contributed by atoms with Crippen LogP contribution in [0.15, 0.2) is 6.08 Å². The first-order chi connectivity index (χ1) is 6.91.